The molecule has 6 aromatic rings. The molecule has 0 spiro atoms. The lowest BCUT2D eigenvalue weighted by atomic mass is 10.1. The average molecular weight is 626 g/mol. The Morgan fingerprint density at radius 2 is 1.26 bits per heavy atom. The van der Waals surface area contributed by atoms with Gasteiger partial charge in [-0.3, -0.25) is 20.4 Å². The van der Waals surface area contributed by atoms with Crippen LogP contribution in [0.25, 0.3) is 21.9 Å². The second-order valence-electron chi connectivity index (χ2n) is 10.5. The number of hydrogen-bond donors (Lipinski definition) is 2. The van der Waals surface area contributed by atoms with Crippen LogP contribution in [0.2, 0.25) is 0 Å². The van der Waals surface area contributed by atoms with E-state index in [9.17, 15) is 9.59 Å². The zero-order valence-corrected chi connectivity index (χ0v) is 25.7. The molecule has 8 heteroatoms. The van der Waals surface area contributed by atoms with Crippen LogP contribution in [-0.4, -0.2) is 16.8 Å². The van der Waals surface area contributed by atoms with Crippen molar-refractivity contribution >= 4 is 45.0 Å². The van der Waals surface area contributed by atoms with Crippen LogP contribution in [0.5, 0.6) is 11.5 Å². The molecule has 2 amide bonds. The lowest BCUT2D eigenvalue weighted by Crippen LogP contribution is -2.41. The van der Waals surface area contributed by atoms with Crippen LogP contribution in [0, 0.1) is 0 Å². The number of aromatic nitrogens is 1. The van der Waals surface area contributed by atoms with Gasteiger partial charge in [-0.05, 0) is 76.9 Å². The molecule has 6 rings (SSSR count). The topological polar surface area (TPSA) is 89.5 Å². The van der Waals surface area contributed by atoms with Crippen LogP contribution in [-0.2, 0) is 18.0 Å². The molecular weight excluding hydrogens is 595 g/mol. The van der Waals surface area contributed by atoms with Crippen molar-refractivity contribution in [3.8, 4) is 11.5 Å². The third kappa shape index (κ3) is 8.25. The number of nitrogens with one attached hydrogen (secondary N) is 2. The van der Waals surface area contributed by atoms with Crippen LogP contribution >= 0.6 is 11.3 Å². The summed E-state index contributed by atoms with van der Waals surface area (Å²) in [4.78, 5) is 30.7. The summed E-state index contributed by atoms with van der Waals surface area (Å²) >= 11 is 1.52. The van der Waals surface area contributed by atoms with E-state index in [-0.39, 0.29) is 12.3 Å². The van der Waals surface area contributed by atoms with E-state index in [0.29, 0.717) is 18.8 Å². The zero-order chi connectivity index (χ0) is 31.6. The van der Waals surface area contributed by atoms with Crippen molar-refractivity contribution in [3.05, 3.63) is 161 Å². The first-order chi connectivity index (χ1) is 22.6. The number of hydrogen-bond acceptors (Lipinski definition) is 6. The second kappa shape index (κ2) is 14.8. The number of carbonyl (C=O) groups is 2. The maximum Gasteiger partial charge on any atom is 0.269 e. The Balaban J connectivity index is 1.09. The Bertz CT molecular complexity index is 1910. The monoisotopic (exact) mass is 625 g/mol. The number of nitrogens with zero attached hydrogens (tertiary/aromatic N) is 1. The third-order valence-corrected chi connectivity index (χ3v) is 8.18. The number of thiazole rings is 1. The molecule has 0 saturated carbocycles. The van der Waals surface area contributed by atoms with E-state index in [2.05, 4.69) is 10.9 Å². The highest BCUT2D eigenvalue weighted by Gasteiger charge is 2.15. The number of rotatable bonds is 11. The standard InChI is InChI=1S/C38H31N3O4S/c42-36(40-41-37(43)30-19-15-29(16-20-30)26-44-32-11-5-2-6-12-32)24-31(38-39-34-13-7-8-14-35(34)46-38)23-27-17-21-33(22-18-27)45-25-28-9-3-1-4-10-28/h1-23H,24-26H2,(H,40,42)(H,41,43)/b31-23-. The number of benzene rings is 5. The van der Waals surface area contributed by atoms with Gasteiger partial charge >= 0.3 is 0 Å². The fourth-order valence-electron chi connectivity index (χ4n) is 4.65. The molecule has 0 atom stereocenters. The summed E-state index contributed by atoms with van der Waals surface area (Å²) in [7, 11) is 0. The van der Waals surface area contributed by atoms with Crippen molar-refractivity contribution < 1.29 is 19.1 Å². The molecule has 0 aliphatic heterocycles. The van der Waals surface area contributed by atoms with Gasteiger partial charge in [0, 0.05) is 5.56 Å². The quantitative estimate of drug-likeness (QED) is 0.143. The Morgan fingerprint density at radius 1 is 0.652 bits per heavy atom. The summed E-state index contributed by atoms with van der Waals surface area (Å²) in [6.07, 6.45) is 1.96. The predicted molar refractivity (Wildman–Crippen MR) is 182 cm³/mol. The summed E-state index contributed by atoms with van der Waals surface area (Å²) < 4.78 is 12.7. The fraction of sp³-hybridized carbons (Fsp3) is 0.0789. The number of carbonyl (C=O) groups excluding carboxylic acids is 2. The number of amides is 2. The van der Waals surface area contributed by atoms with Gasteiger partial charge < -0.3 is 9.47 Å². The molecule has 228 valence electrons. The van der Waals surface area contributed by atoms with Gasteiger partial charge in [0.1, 0.15) is 29.7 Å². The average Bonchev–Trinajstić information content (AvgIpc) is 3.55. The van der Waals surface area contributed by atoms with E-state index in [0.717, 1.165) is 49.0 Å². The molecule has 0 fully saturated rings. The minimum absolute atomic E-state index is 0.0160. The van der Waals surface area contributed by atoms with E-state index in [1.54, 1.807) is 12.1 Å². The van der Waals surface area contributed by atoms with E-state index in [4.69, 9.17) is 14.5 Å². The van der Waals surface area contributed by atoms with Gasteiger partial charge in [-0.2, -0.15) is 0 Å². The highest BCUT2D eigenvalue weighted by molar-refractivity contribution is 7.19. The van der Waals surface area contributed by atoms with E-state index < -0.39 is 5.91 Å². The van der Waals surface area contributed by atoms with Gasteiger partial charge in [-0.25, -0.2) is 4.98 Å². The molecule has 5 aromatic carbocycles. The molecule has 0 aliphatic carbocycles. The number of para-hydroxylation sites is 2. The molecule has 7 nitrogen and oxygen atoms in total. The molecule has 0 unspecified atom stereocenters. The Morgan fingerprint density at radius 3 is 1.96 bits per heavy atom. The Hall–Kier alpha value is -5.73. The lowest BCUT2D eigenvalue weighted by Gasteiger charge is -2.10. The summed E-state index contributed by atoms with van der Waals surface area (Å²) in [5.74, 6) is 0.742. The van der Waals surface area contributed by atoms with Gasteiger partial charge in [0.25, 0.3) is 5.91 Å². The fourth-order valence-corrected chi connectivity index (χ4v) is 5.63. The minimum atomic E-state index is -0.416. The first-order valence-corrected chi connectivity index (χ1v) is 15.6. The summed E-state index contributed by atoms with van der Waals surface area (Å²) in [5.41, 5.74) is 10.0. The largest absolute Gasteiger partial charge is 0.489 e. The van der Waals surface area contributed by atoms with Gasteiger partial charge in [0.2, 0.25) is 5.91 Å². The van der Waals surface area contributed by atoms with Crippen molar-refractivity contribution in [1.82, 2.24) is 15.8 Å². The number of ether oxygens (including phenoxy) is 2. The Labute approximate surface area is 271 Å². The van der Waals surface area contributed by atoms with Gasteiger partial charge in [-0.1, -0.05) is 84.9 Å². The van der Waals surface area contributed by atoms with Crippen LogP contribution < -0.4 is 20.3 Å². The van der Waals surface area contributed by atoms with Crippen molar-refractivity contribution in [2.24, 2.45) is 0 Å². The predicted octanol–water partition coefficient (Wildman–Crippen LogP) is 7.85. The molecule has 0 bridgehead atoms. The SMILES string of the molecule is O=C(C/C(=C/c1ccc(OCc2ccccc2)cc1)c1nc2ccccc2s1)NNC(=O)c1ccc(COc2ccccc2)cc1. The molecule has 0 saturated heterocycles. The van der Waals surface area contributed by atoms with Crippen molar-refractivity contribution in [3.63, 3.8) is 0 Å². The summed E-state index contributed by atoms with van der Waals surface area (Å²) in [5, 5.41) is 0.736. The van der Waals surface area contributed by atoms with Gasteiger partial charge in [0.05, 0.1) is 16.6 Å². The van der Waals surface area contributed by atoms with Crippen molar-refractivity contribution in [2.45, 2.75) is 19.6 Å². The van der Waals surface area contributed by atoms with Gasteiger partial charge in [-0.15, -0.1) is 11.3 Å². The maximum absolute atomic E-state index is 13.1. The van der Waals surface area contributed by atoms with Crippen LogP contribution in [0.15, 0.2) is 133 Å². The van der Waals surface area contributed by atoms with Crippen LogP contribution in [0.1, 0.15) is 38.5 Å². The summed E-state index contributed by atoms with van der Waals surface area (Å²) in [6.45, 7) is 0.860. The molecule has 46 heavy (non-hydrogen) atoms. The van der Waals surface area contributed by atoms with Crippen molar-refractivity contribution in [2.75, 3.05) is 0 Å². The van der Waals surface area contributed by atoms with Crippen LogP contribution in [0.4, 0.5) is 0 Å². The number of fused-ring (bicyclic) bond motifs is 1. The minimum Gasteiger partial charge on any atom is -0.489 e. The molecule has 2 N–H and O–H groups in total. The van der Waals surface area contributed by atoms with E-state index in [1.807, 2.05) is 127 Å². The van der Waals surface area contributed by atoms with Crippen molar-refractivity contribution in [1.29, 1.82) is 0 Å². The van der Waals surface area contributed by atoms with E-state index >= 15 is 0 Å². The van der Waals surface area contributed by atoms with Crippen LogP contribution in [0.3, 0.4) is 0 Å². The Kier molecular flexibility index (Phi) is 9.77. The lowest BCUT2D eigenvalue weighted by molar-refractivity contribution is -0.120. The summed E-state index contributed by atoms with van der Waals surface area (Å²) in [6, 6.07) is 42.1. The third-order valence-electron chi connectivity index (χ3n) is 7.07. The maximum atomic E-state index is 13.1. The molecule has 1 heterocycles. The first kappa shape index (κ1) is 30.3. The zero-order valence-electron chi connectivity index (χ0n) is 24.9. The number of hydrazine groups is 1. The van der Waals surface area contributed by atoms with E-state index in [1.165, 1.54) is 11.3 Å². The normalized spacial score (nSPS) is 11.2. The highest BCUT2D eigenvalue weighted by atomic mass is 32.1. The molecule has 0 aliphatic rings. The van der Waals surface area contributed by atoms with Gasteiger partial charge in [0.15, 0.2) is 0 Å². The molecular formula is C38H31N3O4S. The molecule has 1 aromatic heterocycles. The second-order valence-corrected chi connectivity index (χ2v) is 11.5. The first-order valence-electron chi connectivity index (χ1n) is 14.8. The smallest absolute Gasteiger partial charge is 0.269 e. The highest BCUT2D eigenvalue weighted by Crippen LogP contribution is 2.30. The molecule has 0 radical (unpaired) electrons.